The highest BCUT2D eigenvalue weighted by Crippen LogP contribution is 2.24. The molecular weight excluding hydrogens is 398 g/mol. The van der Waals surface area contributed by atoms with Gasteiger partial charge in [0, 0.05) is 0 Å². The first-order valence-corrected chi connectivity index (χ1v) is 7.02. The maximum atomic E-state index is 13.0. The van der Waals surface area contributed by atoms with Gasteiger partial charge in [0.25, 0.3) is 0 Å². The summed E-state index contributed by atoms with van der Waals surface area (Å²) in [6.45, 7) is 0.180. The van der Waals surface area contributed by atoms with E-state index >= 15 is 0 Å². The normalized spacial score (nSPS) is 10.3. The van der Waals surface area contributed by atoms with Crippen LogP contribution in [0.5, 0.6) is 5.75 Å². The van der Waals surface area contributed by atoms with Crippen molar-refractivity contribution >= 4 is 40.2 Å². The molecule has 2 rings (SSSR count). The van der Waals surface area contributed by atoms with Crippen LogP contribution in [0.25, 0.3) is 0 Å². The van der Waals surface area contributed by atoms with Crippen molar-refractivity contribution < 1.29 is 19.0 Å². The Bertz CT molecular complexity index is 661. The first kappa shape index (κ1) is 15.1. The fourth-order valence-electron chi connectivity index (χ4n) is 1.54. The van der Waals surface area contributed by atoms with E-state index in [1.165, 1.54) is 24.3 Å². The molecule has 1 N–H and O–H groups in total. The zero-order chi connectivity index (χ0) is 14.7. The predicted molar refractivity (Wildman–Crippen MR) is 81.9 cm³/mol. The minimum absolute atomic E-state index is 0.0279. The van der Waals surface area contributed by atoms with Crippen molar-refractivity contribution in [1.82, 2.24) is 0 Å². The summed E-state index contributed by atoms with van der Waals surface area (Å²) < 4.78 is 19.4. The minimum Gasteiger partial charge on any atom is -0.488 e. The fraction of sp³-hybridized carbons (Fsp3) is 0.0714. The molecule has 0 amide bonds. The Balaban J connectivity index is 2.15. The van der Waals surface area contributed by atoms with Gasteiger partial charge < -0.3 is 9.84 Å². The molecule has 0 atom stereocenters. The third kappa shape index (κ3) is 3.61. The molecule has 104 valence electrons. The molecule has 6 heteroatoms. The van der Waals surface area contributed by atoms with Gasteiger partial charge >= 0.3 is 5.97 Å². The Labute approximate surface area is 133 Å². The molecular formula is C14H9ClFIO3. The van der Waals surface area contributed by atoms with Crippen LogP contribution in [-0.2, 0) is 6.61 Å². The molecule has 0 aromatic heterocycles. The average Bonchev–Trinajstić information content (AvgIpc) is 2.41. The molecule has 3 nitrogen and oxygen atoms in total. The lowest BCUT2D eigenvalue weighted by molar-refractivity contribution is 0.0696. The van der Waals surface area contributed by atoms with Gasteiger partial charge in [0.2, 0.25) is 0 Å². The second-order valence-corrected chi connectivity index (χ2v) is 5.56. The van der Waals surface area contributed by atoms with Crippen LogP contribution in [0.4, 0.5) is 4.39 Å². The van der Waals surface area contributed by atoms with E-state index in [0.717, 1.165) is 3.57 Å². The van der Waals surface area contributed by atoms with E-state index < -0.39 is 11.8 Å². The standard InChI is InChI=1S/C14H9ClFIO3/c15-10-5-8(1-3-11(10)16)7-20-13-6-9(14(18)19)2-4-12(13)17/h1-6H,7H2,(H,18,19). The van der Waals surface area contributed by atoms with Gasteiger partial charge in [-0.3, -0.25) is 0 Å². The van der Waals surface area contributed by atoms with Crippen molar-refractivity contribution in [2.75, 3.05) is 0 Å². The van der Waals surface area contributed by atoms with E-state index in [0.29, 0.717) is 11.3 Å². The minimum atomic E-state index is -1.02. The smallest absolute Gasteiger partial charge is 0.335 e. The molecule has 2 aromatic rings. The Morgan fingerprint density at radius 1 is 1.30 bits per heavy atom. The molecule has 0 spiro atoms. The van der Waals surface area contributed by atoms with Crippen LogP contribution in [0, 0.1) is 9.39 Å². The number of halogens is 3. The maximum Gasteiger partial charge on any atom is 0.335 e. The van der Waals surface area contributed by atoms with Gasteiger partial charge in [-0.15, -0.1) is 0 Å². The number of aromatic carboxylic acids is 1. The van der Waals surface area contributed by atoms with Gasteiger partial charge in [0.1, 0.15) is 18.2 Å². The molecule has 0 aliphatic carbocycles. The number of ether oxygens (including phenoxy) is 1. The summed E-state index contributed by atoms with van der Waals surface area (Å²) in [4.78, 5) is 10.9. The van der Waals surface area contributed by atoms with Crippen molar-refractivity contribution in [2.45, 2.75) is 6.61 Å². The predicted octanol–water partition coefficient (Wildman–Crippen LogP) is 4.36. The monoisotopic (exact) mass is 406 g/mol. The Hall–Kier alpha value is -1.34. The van der Waals surface area contributed by atoms with Gasteiger partial charge in [-0.1, -0.05) is 17.7 Å². The first-order valence-electron chi connectivity index (χ1n) is 5.57. The van der Waals surface area contributed by atoms with Gasteiger partial charge in [0.15, 0.2) is 0 Å². The number of carboxylic acid groups (broad SMARTS) is 1. The molecule has 0 heterocycles. The number of rotatable bonds is 4. The molecule has 20 heavy (non-hydrogen) atoms. The van der Waals surface area contributed by atoms with Crippen molar-refractivity contribution in [3.63, 3.8) is 0 Å². The zero-order valence-corrected chi connectivity index (χ0v) is 13.0. The van der Waals surface area contributed by atoms with Crippen molar-refractivity contribution in [3.05, 3.63) is 61.9 Å². The topological polar surface area (TPSA) is 46.5 Å². The number of benzene rings is 2. The molecule has 0 bridgehead atoms. The van der Waals surface area contributed by atoms with Crippen LogP contribution in [0.15, 0.2) is 36.4 Å². The molecule has 0 aliphatic heterocycles. The number of carbonyl (C=O) groups is 1. The molecule has 0 aliphatic rings. The average molecular weight is 407 g/mol. The summed E-state index contributed by atoms with van der Waals surface area (Å²) in [6, 6.07) is 8.93. The van der Waals surface area contributed by atoms with E-state index in [1.807, 2.05) is 0 Å². The molecule has 0 saturated heterocycles. The quantitative estimate of drug-likeness (QED) is 0.768. The van der Waals surface area contributed by atoms with Crippen LogP contribution in [0.2, 0.25) is 5.02 Å². The van der Waals surface area contributed by atoms with Crippen molar-refractivity contribution in [1.29, 1.82) is 0 Å². The van der Waals surface area contributed by atoms with E-state index in [2.05, 4.69) is 22.6 Å². The zero-order valence-electron chi connectivity index (χ0n) is 10.1. The molecule has 0 saturated carbocycles. The highest BCUT2D eigenvalue weighted by molar-refractivity contribution is 14.1. The van der Waals surface area contributed by atoms with Gasteiger partial charge in [0.05, 0.1) is 14.2 Å². The third-order valence-corrected chi connectivity index (χ3v) is 3.74. The van der Waals surface area contributed by atoms with Gasteiger partial charge in [-0.25, -0.2) is 9.18 Å². The second kappa shape index (κ2) is 6.41. The Morgan fingerprint density at radius 2 is 2.05 bits per heavy atom. The second-order valence-electron chi connectivity index (χ2n) is 3.99. The summed E-state index contributed by atoms with van der Waals surface area (Å²) in [7, 11) is 0. The van der Waals surface area contributed by atoms with Crippen LogP contribution < -0.4 is 4.74 Å². The van der Waals surface area contributed by atoms with Crippen molar-refractivity contribution in [2.24, 2.45) is 0 Å². The largest absolute Gasteiger partial charge is 0.488 e. The number of carboxylic acids is 1. The first-order chi connectivity index (χ1) is 9.47. The molecule has 2 aromatic carbocycles. The summed E-state index contributed by atoms with van der Waals surface area (Å²) >= 11 is 7.74. The van der Waals surface area contributed by atoms with E-state index in [4.69, 9.17) is 21.4 Å². The highest BCUT2D eigenvalue weighted by atomic mass is 127. The lowest BCUT2D eigenvalue weighted by atomic mass is 10.2. The maximum absolute atomic E-state index is 13.0. The lowest BCUT2D eigenvalue weighted by Gasteiger charge is -2.09. The van der Waals surface area contributed by atoms with Gasteiger partial charge in [-0.2, -0.15) is 0 Å². The highest BCUT2D eigenvalue weighted by Gasteiger charge is 2.09. The molecule has 0 unspecified atom stereocenters. The summed E-state index contributed by atoms with van der Waals surface area (Å²) in [6.07, 6.45) is 0. The summed E-state index contributed by atoms with van der Waals surface area (Å²) in [5.41, 5.74) is 0.852. The summed E-state index contributed by atoms with van der Waals surface area (Å²) in [5.74, 6) is -1.04. The molecule has 0 fully saturated rings. The van der Waals surface area contributed by atoms with E-state index in [9.17, 15) is 9.18 Å². The number of hydrogen-bond donors (Lipinski definition) is 1. The van der Waals surface area contributed by atoms with Crippen LogP contribution in [0.3, 0.4) is 0 Å². The Morgan fingerprint density at radius 3 is 2.70 bits per heavy atom. The SMILES string of the molecule is O=C(O)c1ccc(I)c(OCc2ccc(F)c(Cl)c2)c1. The lowest BCUT2D eigenvalue weighted by Crippen LogP contribution is -2.01. The van der Waals surface area contributed by atoms with E-state index in [1.54, 1.807) is 12.1 Å². The van der Waals surface area contributed by atoms with Crippen LogP contribution >= 0.6 is 34.2 Å². The van der Waals surface area contributed by atoms with E-state index in [-0.39, 0.29) is 17.2 Å². The fourth-order valence-corrected chi connectivity index (χ4v) is 2.23. The molecule has 0 radical (unpaired) electrons. The third-order valence-electron chi connectivity index (χ3n) is 2.56. The Kier molecular flexibility index (Phi) is 4.82. The van der Waals surface area contributed by atoms with Crippen LogP contribution in [0.1, 0.15) is 15.9 Å². The van der Waals surface area contributed by atoms with Gasteiger partial charge in [-0.05, 0) is 58.5 Å². The summed E-state index contributed by atoms with van der Waals surface area (Å²) in [5, 5.41) is 8.96. The van der Waals surface area contributed by atoms with Crippen molar-refractivity contribution in [3.8, 4) is 5.75 Å². The number of hydrogen-bond acceptors (Lipinski definition) is 2. The van der Waals surface area contributed by atoms with Crippen LogP contribution in [-0.4, -0.2) is 11.1 Å².